The topological polar surface area (TPSA) is 110 Å². The van der Waals surface area contributed by atoms with Gasteiger partial charge in [0.2, 0.25) is 11.8 Å². The Morgan fingerprint density at radius 3 is 2.50 bits per heavy atom. The molecule has 0 bridgehead atoms. The van der Waals surface area contributed by atoms with Crippen LogP contribution in [0.15, 0.2) is 54.7 Å². The van der Waals surface area contributed by atoms with Gasteiger partial charge in [0, 0.05) is 42.0 Å². The van der Waals surface area contributed by atoms with Gasteiger partial charge >= 0.3 is 0 Å². The zero-order valence-electron chi connectivity index (χ0n) is 20.4. The van der Waals surface area contributed by atoms with Gasteiger partial charge in [0.1, 0.15) is 24.1 Å². The monoisotopic (exact) mass is 482 g/mol. The van der Waals surface area contributed by atoms with Crippen LogP contribution in [0.1, 0.15) is 35.2 Å². The van der Waals surface area contributed by atoms with Crippen LogP contribution >= 0.6 is 0 Å². The number of amides is 2. The van der Waals surface area contributed by atoms with E-state index in [-0.39, 0.29) is 24.1 Å². The summed E-state index contributed by atoms with van der Waals surface area (Å²) in [4.78, 5) is 48.4. The van der Waals surface area contributed by atoms with Gasteiger partial charge in [0.15, 0.2) is 5.78 Å². The Morgan fingerprint density at radius 2 is 1.83 bits per heavy atom. The van der Waals surface area contributed by atoms with Crippen LogP contribution in [0.25, 0.3) is 22.0 Å². The number of fused-ring (bicyclic) bond motifs is 1. The summed E-state index contributed by atoms with van der Waals surface area (Å²) in [6, 6.07) is 14.4. The third-order valence-electron chi connectivity index (χ3n) is 6.40. The highest BCUT2D eigenvalue weighted by Crippen LogP contribution is 2.28. The van der Waals surface area contributed by atoms with Crippen molar-refractivity contribution in [2.24, 2.45) is 0 Å². The summed E-state index contributed by atoms with van der Waals surface area (Å²) in [5.74, 6) is -0.219. The standard InChI is InChI=1S/C27H26N6O3/c1-16-7-8-20(14-28-16)19-9-10-22-21(13-19)26(18(3)34)31-33(22)15-25(35)32-12-11-23(32)27(36)30-24-6-4-5-17(2)29-24/h4-10,13-14,23H,11-12,15H2,1-3H3,(H,29,30,36)/t23-/m0/s1. The number of carbonyl (C=O) groups excluding carboxylic acids is 3. The molecule has 1 aliphatic heterocycles. The maximum Gasteiger partial charge on any atom is 0.248 e. The van der Waals surface area contributed by atoms with Crippen molar-refractivity contribution in [1.82, 2.24) is 24.6 Å². The van der Waals surface area contributed by atoms with E-state index in [0.717, 1.165) is 22.5 Å². The second-order valence-electron chi connectivity index (χ2n) is 9.03. The van der Waals surface area contributed by atoms with Crippen LogP contribution in [0.2, 0.25) is 0 Å². The summed E-state index contributed by atoms with van der Waals surface area (Å²) in [5, 5.41) is 7.93. The largest absolute Gasteiger partial charge is 0.329 e. The van der Waals surface area contributed by atoms with E-state index in [0.29, 0.717) is 35.4 Å². The fourth-order valence-electron chi connectivity index (χ4n) is 4.38. The molecule has 1 N–H and O–H groups in total. The molecule has 5 rings (SSSR count). The van der Waals surface area contributed by atoms with Crippen LogP contribution < -0.4 is 5.32 Å². The molecule has 9 nitrogen and oxygen atoms in total. The number of nitrogens with one attached hydrogen (secondary N) is 1. The molecule has 4 heterocycles. The van der Waals surface area contributed by atoms with Crippen molar-refractivity contribution in [3.8, 4) is 11.1 Å². The predicted molar refractivity (Wildman–Crippen MR) is 135 cm³/mol. The molecule has 1 atom stereocenters. The molecule has 0 spiro atoms. The molecule has 2 amide bonds. The lowest BCUT2D eigenvalue weighted by atomic mass is 10.0. The summed E-state index contributed by atoms with van der Waals surface area (Å²) in [5.41, 5.74) is 4.55. The molecule has 9 heteroatoms. The molecule has 0 unspecified atom stereocenters. The highest BCUT2D eigenvalue weighted by Gasteiger charge is 2.38. The quantitative estimate of drug-likeness (QED) is 0.421. The summed E-state index contributed by atoms with van der Waals surface area (Å²) < 4.78 is 1.54. The molecular formula is C27H26N6O3. The molecular weight excluding hydrogens is 456 g/mol. The van der Waals surface area contributed by atoms with E-state index in [2.05, 4.69) is 20.4 Å². The van der Waals surface area contributed by atoms with Gasteiger partial charge in [0.25, 0.3) is 0 Å². The van der Waals surface area contributed by atoms with Crippen LogP contribution in [0.3, 0.4) is 0 Å². The van der Waals surface area contributed by atoms with Crippen LogP contribution in [-0.2, 0) is 16.1 Å². The van der Waals surface area contributed by atoms with E-state index in [1.807, 2.05) is 56.3 Å². The zero-order valence-corrected chi connectivity index (χ0v) is 20.4. The minimum atomic E-state index is -0.561. The number of aromatic nitrogens is 4. The Bertz CT molecular complexity index is 1490. The number of likely N-dealkylation sites (tertiary alicyclic amines) is 1. The van der Waals surface area contributed by atoms with Gasteiger partial charge in [-0.2, -0.15) is 5.10 Å². The molecule has 0 radical (unpaired) electrons. The maximum absolute atomic E-state index is 13.1. The molecule has 1 aromatic carbocycles. The molecule has 0 saturated carbocycles. The van der Waals surface area contributed by atoms with Gasteiger partial charge in [-0.25, -0.2) is 4.98 Å². The van der Waals surface area contributed by atoms with E-state index in [1.54, 1.807) is 21.8 Å². The Hall–Kier alpha value is -4.40. The van der Waals surface area contributed by atoms with Crippen LogP contribution in [0, 0.1) is 13.8 Å². The van der Waals surface area contributed by atoms with Crippen molar-refractivity contribution in [2.75, 3.05) is 11.9 Å². The molecule has 36 heavy (non-hydrogen) atoms. The minimum absolute atomic E-state index is 0.0678. The highest BCUT2D eigenvalue weighted by molar-refractivity contribution is 6.06. The lowest BCUT2D eigenvalue weighted by Gasteiger charge is -2.39. The number of benzene rings is 1. The van der Waals surface area contributed by atoms with Crippen molar-refractivity contribution < 1.29 is 14.4 Å². The van der Waals surface area contributed by atoms with Crippen molar-refractivity contribution in [1.29, 1.82) is 0 Å². The van der Waals surface area contributed by atoms with Gasteiger partial charge in [-0.3, -0.25) is 24.0 Å². The molecule has 182 valence electrons. The molecule has 3 aromatic heterocycles. The smallest absolute Gasteiger partial charge is 0.248 e. The SMILES string of the molecule is CC(=O)c1nn(CC(=O)N2CC[C@H]2C(=O)Nc2cccc(C)n2)c2ccc(-c3ccc(C)nc3)cc12. The lowest BCUT2D eigenvalue weighted by Crippen LogP contribution is -2.57. The zero-order chi connectivity index (χ0) is 25.4. The van der Waals surface area contributed by atoms with E-state index in [9.17, 15) is 14.4 Å². The Balaban J connectivity index is 1.36. The number of nitrogens with zero attached hydrogens (tertiary/aromatic N) is 5. The Labute approximate surface area is 208 Å². The fraction of sp³-hybridized carbons (Fsp3) is 0.259. The van der Waals surface area contributed by atoms with Gasteiger partial charge in [-0.05, 0) is 56.2 Å². The first-order chi connectivity index (χ1) is 17.3. The number of carbonyl (C=O) groups is 3. The van der Waals surface area contributed by atoms with Crippen LogP contribution in [0.4, 0.5) is 5.82 Å². The molecule has 1 aliphatic rings. The number of Topliss-reactive ketones (excluding diaryl/α,β-unsaturated/α-hetero) is 1. The Kier molecular flexibility index (Phi) is 6.05. The summed E-state index contributed by atoms with van der Waals surface area (Å²) >= 11 is 0. The van der Waals surface area contributed by atoms with E-state index >= 15 is 0 Å². The van der Waals surface area contributed by atoms with Gasteiger partial charge in [-0.15, -0.1) is 0 Å². The summed E-state index contributed by atoms with van der Waals surface area (Å²) in [6.07, 6.45) is 2.37. The number of pyridine rings is 2. The highest BCUT2D eigenvalue weighted by atomic mass is 16.2. The van der Waals surface area contributed by atoms with Crippen molar-refractivity contribution in [2.45, 2.75) is 39.8 Å². The number of hydrogen-bond acceptors (Lipinski definition) is 6. The fourth-order valence-corrected chi connectivity index (χ4v) is 4.38. The van der Waals surface area contributed by atoms with E-state index in [1.165, 1.54) is 6.92 Å². The summed E-state index contributed by atoms with van der Waals surface area (Å²) in [6.45, 7) is 5.65. The Morgan fingerprint density at radius 1 is 1.03 bits per heavy atom. The average Bonchev–Trinajstić information content (AvgIpc) is 3.16. The van der Waals surface area contributed by atoms with Crippen molar-refractivity contribution in [3.63, 3.8) is 0 Å². The van der Waals surface area contributed by atoms with Crippen molar-refractivity contribution in [3.05, 3.63) is 71.8 Å². The third kappa shape index (κ3) is 4.47. The lowest BCUT2D eigenvalue weighted by molar-refractivity contribution is -0.145. The second kappa shape index (κ2) is 9.33. The van der Waals surface area contributed by atoms with E-state index in [4.69, 9.17) is 0 Å². The molecule has 1 saturated heterocycles. The molecule has 1 fully saturated rings. The second-order valence-corrected chi connectivity index (χ2v) is 9.03. The minimum Gasteiger partial charge on any atom is -0.329 e. The van der Waals surface area contributed by atoms with Crippen LogP contribution in [0.5, 0.6) is 0 Å². The number of ketones is 1. The predicted octanol–water partition coefficient (Wildman–Crippen LogP) is 3.55. The molecule has 4 aromatic rings. The number of hydrogen-bond donors (Lipinski definition) is 1. The summed E-state index contributed by atoms with van der Waals surface area (Å²) in [7, 11) is 0. The van der Waals surface area contributed by atoms with Gasteiger partial charge in [0.05, 0.1) is 5.52 Å². The normalized spacial score (nSPS) is 15.0. The van der Waals surface area contributed by atoms with Gasteiger partial charge in [-0.1, -0.05) is 18.2 Å². The first kappa shape index (κ1) is 23.3. The first-order valence-electron chi connectivity index (χ1n) is 11.8. The third-order valence-corrected chi connectivity index (χ3v) is 6.40. The number of aryl methyl sites for hydroxylation is 2. The molecule has 0 aliphatic carbocycles. The number of anilines is 1. The maximum atomic E-state index is 13.1. The first-order valence-corrected chi connectivity index (χ1v) is 11.8. The van der Waals surface area contributed by atoms with Crippen LogP contribution in [-0.4, -0.2) is 54.8 Å². The number of rotatable bonds is 6. The average molecular weight is 483 g/mol. The van der Waals surface area contributed by atoms with Gasteiger partial charge < -0.3 is 10.2 Å². The van der Waals surface area contributed by atoms with Crippen molar-refractivity contribution >= 4 is 34.3 Å². The van der Waals surface area contributed by atoms with E-state index < -0.39 is 6.04 Å².